The van der Waals surface area contributed by atoms with E-state index in [1.807, 2.05) is 91.1 Å². The van der Waals surface area contributed by atoms with E-state index in [1.54, 1.807) is 0 Å². The number of thiazole rings is 1. The van der Waals surface area contributed by atoms with Crippen LogP contribution in [0.1, 0.15) is 16.8 Å². The molecule has 0 aliphatic carbocycles. The molecule has 1 heterocycles. The van der Waals surface area contributed by atoms with Crippen molar-refractivity contribution in [2.45, 2.75) is 6.54 Å². The molecule has 0 fully saturated rings. The molecule has 5 heteroatoms. The Hall–Kier alpha value is -2.76. The summed E-state index contributed by atoms with van der Waals surface area (Å²) >= 11 is 1.44. The largest absolute Gasteiger partial charge is 0.304 e. The fourth-order valence-corrected chi connectivity index (χ4v) is 3.24. The molecular weight excluding hydrogens is 342 g/mol. The molecule has 0 saturated heterocycles. The predicted molar refractivity (Wildman–Crippen MR) is 109 cm³/mol. The first-order valence-corrected chi connectivity index (χ1v) is 9.22. The Kier molecular flexibility index (Phi) is 5.94. The van der Waals surface area contributed by atoms with Crippen LogP contribution in [0.15, 0.2) is 66.0 Å². The van der Waals surface area contributed by atoms with Crippen LogP contribution in [-0.2, 0) is 11.3 Å². The predicted octanol–water partition coefficient (Wildman–Crippen LogP) is 4.38. The first-order valence-electron chi connectivity index (χ1n) is 8.34. The van der Waals surface area contributed by atoms with Gasteiger partial charge in [-0.3, -0.25) is 10.1 Å². The van der Waals surface area contributed by atoms with Crippen molar-refractivity contribution in [3.8, 4) is 0 Å². The smallest absolute Gasteiger partial charge is 0.258 e. The van der Waals surface area contributed by atoms with Crippen LogP contribution in [0.3, 0.4) is 0 Å². The van der Waals surface area contributed by atoms with E-state index in [0.717, 1.165) is 23.4 Å². The van der Waals surface area contributed by atoms with Crippen molar-refractivity contribution in [3.05, 3.63) is 82.9 Å². The van der Waals surface area contributed by atoms with Gasteiger partial charge >= 0.3 is 0 Å². The van der Waals surface area contributed by atoms with Crippen molar-refractivity contribution >= 4 is 34.0 Å². The molecule has 0 spiro atoms. The van der Waals surface area contributed by atoms with E-state index in [2.05, 4.69) is 10.3 Å². The van der Waals surface area contributed by atoms with Gasteiger partial charge in [0, 0.05) is 17.5 Å². The van der Waals surface area contributed by atoms with E-state index in [9.17, 15) is 4.79 Å². The van der Waals surface area contributed by atoms with Gasteiger partial charge in [-0.15, -0.1) is 11.3 Å². The van der Waals surface area contributed by atoms with Gasteiger partial charge < -0.3 is 4.90 Å². The summed E-state index contributed by atoms with van der Waals surface area (Å²) in [6.07, 6.45) is 1.90. The number of carbonyl (C=O) groups is 1. The number of hydrogen-bond acceptors (Lipinski definition) is 4. The minimum Gasteiger partial charge on any atom is -0.304 e. The second-order valence-electron chi connectivity index (χ2n) is 6.17. The number of nitrogens with one attached hydrogen (secondary N) is 1. The quantitative estimate of drug-likeness (QED) is 0.522. The van der Waals surface area contributed by atoms with Crippen LogP contribution in [0.4, 0.5) is 5.13 Å². The van der Waals surface area contributed by atoms with E-state index in [-0.39, 0.29) is 5.91 Å². The van der Waals surface area contributed by atoms with E-state index >= 15 is 0 Å². The van der Waals surface area contributed by atoms with Crippen LogP contribution >= 0.6 is 11.3 Å². The van der Waals surface area contributed by atoms with Crippen LogP contribution in [0.25, 0.3) is 11.6 Å². The highest BCUT2D eigenvalue weighted by atomic mass is 32.1. The fourth-order valence-electron chi connectivity index (χ4n) is 2.54. The Balaban J connectivity index is 1.86. The molecule has 0 radical (unpaired) electrons. The van der Waals surface area contributed by atoms with Crippen molar-refractivity contribution in [1.82, 2.24) is 9.88 Å². The number of anilines is 1. The molecule has 4 nitrogen and oxygen atoms in total. The van der Waals surface area contributed by atoms with Crippen molar-refractivity contribution in [1.29, 1.82) is 0 Å². The first kappa shape index (κ1) is 18.0. The molecule has 0 atom stereocenters. The van der Waals surface area contributed by atoms with Crippen LogP contribution in [0.2, 0.25) is 0 Å². The number of hydrogen-bond donors (Lipinski definition) is 1. The zero-order valence-corrected chi connectivity index (χ0v) is 15.7. The Morgan fingerprint density at radius 2 is 1.73 bits per heavy atom. The molecule has 0 aliphatic rings. The Bertz CT molecular complexity index is 886. The van der Waals surface area contributed by atoms with Gasteiger partial charge in [-0.1, -0.05) is 60.7 Å². The summed E-state index contributed by atoms with van der Waals surface area (Å²) in [5.41, 5.74) is 3.41. The minimum absolute atomic E-state index is 0.161. The molecule has 1 N–H and O–H groups in total. The molecule has 3 rings (SSSR count). The van der Waals surface area contributed by atoms with Crippen molar-refractivity contribution in [2.75, 3.05) is 19.4 Å². The summed E-state index contributed by atoms with van der Waals surface area (Å²) in [6, 6.07) is 19.5. The maximum absolute atomic E-state index is 12.9. The van der Waals surface area contributed by atoms with E-state index in [1.165, 1.54) is 11.3 Å². The molecule has 0 unspecified atom stereocenters. The lowest BCUT2D eigenvalue weighted by Crippen LogP contribution is -2.14. The van der Waals surface area contributed by atoms with Gasteiger partial charge in [0.25, 0.3) is 5.91 Å². The summed E-state index contributed by atoms with van der Waals surface area (Å²) in [5, 5.41) is 5.52. The lowest BCUT2D eigenvalue weighted by Gasteiger charge is -2.08. The third-order valence-corrected chi connectivity index (χ3v) is 4.50. The van der Waals surface area contributed by atoms with Gasteiger partial charge in [-0.05, 0) is 31.3 Å². The summed E-state index contributed by atoms with van der Waals surface area (Å²) < 4.78 is 0. The van der Waals surface area contributed by atoms with Crippen molar-refractivity contribution in [2.24, 2.45) is 0 Å². The second kappa shape index (κ2) is 8.56. The molecule has 1 amide bonds. The highest BCUT2D eigenvalue weighted by Crippen LogP contribution is 2.22. The number of benzene rings is 2. The zero-order chi connectivity index (χ0) is 18.4. The van der Waals surface area contributed by atoms with E-state index in [4.69, 9.17) is 0 Å². The maximum atomic E-state index is 12.9. The summed E-state index contributed by atoms with van der Waals surface area (Å²) in [5.74, 6) is -0.161. The van der Waals surface area contributed by atoms with Crippen molar-refractivity contribution in [3.63, 3.8) is 0 Å². The molecule has 26 heavy (non-hydrogen) atoms. The number of aromatic nitrogens is 1. The number of rotatable bonds is 6. The molecule has 2 aromatic carbocycles. The molecular formula is C21H21N3OS. The molecule has 0 saturated carbocycles. The molecule has 1 aromatic heterocycles. The number of carbonyl (C=O) groups excluding carboxylic acids is 1. The zero-order valence-electron chi connectivity index (χ0n) is 14.8. The highest BCUT2D eigenvalue weighted by Gasteiger charge is 2.14. The number of amides is 1. The Labute approximate surface area is 157 Å². The van der Waals surface area contributed by atoms with Gasteiger partial charge in [-0.2, -0.15) is 0 Å². The summed E-state index contributed by atoms with van der Waals surface area (Å²) in [4.78, 5) is 19.5. The summed E-state index contributed by atoms with van der Waals surface area (Å²) in [7, 11) is 3.99. The lowest BCUT2D eigenvalue weighted by atomic mass is 10.0. The van der Waals surface area contributed by atoms with Gasteiger partial charge in [-0.25, -0.2) is 4.98 Å². The first-order chi connectivity index (χ1) is 12.6. The molecule has 0 bridgehead atoms. The Morgan fingerprint density at radius 1 is 1.08 bits per heavy atom. The summed E-state index contributed by atoms with van der Waals surface area (Å²) in [6.45, 7) is 0.748. The maximum Gasteiger partial charge on any atom is 0.258 e. The van der Waals surface area contributed by atoms with Crippen LogP contribution in [0, 0.1) is 0 Å². The number of nitrogens with zero attached hydrogens (tertiary/aromatic N) is 2. The average Bonchev–Trinajstić information content (AvgIpc) is 3.07. The van der Waals surface area contributed by atoms with Crippen LogP contribution in [0.5, 0.6) is 0 Å². The van der Waals surface area contributed by atoms with Gasteiger partial charge in [0.05, 0.1) is 5.69 Å². The Morgan fingerprint density at radius 3 is 2.38 bits per heavy atom. The standard InChI is InChI=1S/C21H21N3OS/c1-24(2)14-18-15-26-21(22-18)23-20(25)19(17-11-7-4-8-12-17)13-16-9-5-3-6-10-16/h3-13,15H,14H2,1-2H3,(H,22,23,25)/b19-13-. The molecule has 0 aliphatic heterocycles. The lowest BCUT2D eigenvalue weighted by molar-refractivity contribution is -0.111. The average molecular weight is 363 g/mol. The van der Waals surface area contributed by atoms with Crippen LogP contribution < -0.4 is 5.32 Å². The molecule has 132 valence electrons. The third-order valence-electron chi connectivity index (χ3n) is 3.69. The molecule has 3 aromatic rings. The monoisotopic (exact) mass is 363 g/mol. The SMILES string of the molecule is CN(C)Cc1csc(NC(=O)/C(=C\c2ccccc2)c2ccccc2)n1. The van der Waals surface area contributed by atoms with E-state index in [0.29, 0.717) is 10.7 Å². The normalized spacial score (nSPS) is 11.6. The van der Waals surface area contributed by atoms with Gasteiger partial charge in [0.15, 0.2) is 5.13 Å². The van der Waals surface area contributed by atoms with Gasteiger partial charge in [0.1, 0.15) is 0 Å². The minimum atomic E-state index is -0.161. The van der Waals surface area contributed by atoms with E-state index < -0.39 is 0 Å². The topological polar surface area (TPSA) is 45.2 Å². The van der Waals surface area contributed by atoms with Gasteiger partial charge in [0.2, 0.25) is 0 Å². The van der Waals surface area contributed by atoms with Crippen molar-refractivity contribution < 1.29 is 4.79 Å². The second-order valence-corrected chi connectivity index (χ2v) is 7.03. The van der Waals surface area contributed by atoms with Crippen LogP contribution in [-0.4, -0.2) is 29.9 Å². The fraction of sp³-hybridized carbons (Fsp3) is 0.143. The third kappa shape index (κ3) is 4.88. The highest BCUT2D eigenvalue weighted by molar-refractivity contribution is 7.14.